The van der Waals surface area contributed by atoms with Gasteiger partial charge in [-0.15, -0.1) is 11.3 Å². The van der Waals surface area contributed by atoms with E-state index in [9.17, 15) is 9.59 Å². The van der Waals surface area contributed by atoms with E-state index < -0.39 is 0 Å². The van der Waals surface area contributed by atoms with E-state index in [4.69, 9.17) is 16.3 Å². The van der Waals surface area contributed by atoms with E-state index in [0.29, 0.717) is 30.4 Å². The number of thiophene rings is 1. The molecule has 4 rings (SSSR count). The van der Waals surface area contributed by atoms with E-state index in [2.05, 4.69) is 16.8 Å². The molecule has 0 bridgehead atoms. The van der Waals surface area contributed by atoms with Crippen molar-refractivity contribution in [3.05, 3.63) is 81.0 Å². The van der Waals surface area contributed by atoms with Gasteiger partial charge in [-0.25, -0.2) is 4.79 Å². The minimum Gasteiger partial charge on any atom is -0.491 e. The molecular formula is C26H28ClN3O3S. The van der Waals surface area contributed by atoms with E-state index in [-0.39, 0.29) is 24.5 Å². The fourth-order valence-corrected chi connectivity index (χ4v) is 5.23. The van der Waals surface area contributed by atoms with Crippen LogP contribution in [-0.4, -0.2) is 48.0 Å². The summed E-state index contributed by atoms with van der Waals surface area (Å²) < 4.78 is 6.16. The van der Waals surface area contributed by atoms with Gasteiger partial charge in [0.05, 0.1) is 6.04 Å². The van der Waals surface area contributed by atoms with Crippen LogP contribution in [0, 0.1) is 6.92 Å². The van der Waals surface area contributed by atoms with Crippen LogP contribution in [-0.2, 0) is 11.2 Å². The number of anilines is 1. The van der Waals surface area contributed by atoms with Gasteiger partial charge in [0.1, 0.15) is 18.9 Å². The molecule has 3 aromatic rings. The van der Waals surface area contributed by atoms with Crippen LogP contribution in [0.5, 0.6) is 5.75 Å². The van der Waals surface area contributed by atoms with Crippen molar-refractivity contribution in [1.82, 2.24) is 9.80 Å². The SMILES string of the molecule is CCN(CC(=O)N1CCc2sccc2[C@@H]1COc1ccccc1C)C(=O)Nc1cccc(Cl)c1. The molecule has 2 aromatic carbocycles. The molecule has 34 heavy (non-hydrogen) atoms. The average molecular weight is 498 g/mol. The molecule has 0 unspecified atom stereocenters. The van der Waals surface area contributed by atoms with Crippen molar-refractivity contribution in [1.29, 1.82) is 0 Å². The number of amides is 3. The van der Waals surface area contributed by atoms with Crippen LogP contribution in [0.1, 0.15) is 29.0 Å². The van der Waals surface area contributed by atoms with Gasteiger partial charge in [-0.2, -0.15) is 0 Å². The Balaban J connectivity index is 1.47. The van der Waals surface area contributed by atoms with Crippen molar-refractivity contribution in [3.8, 4) is 5.75 Å². The number of aryl methyl sites for hydroxylation is 1. The maximum atomic E-state index is 13.4. The quantitative estimate of drug-likeness (QED) is 0.451. The molecule has 3 amide bonds. The molecule has 0 spiro atoms. The first-order chi connectivity index (χ1) is 16.5. The largest absolute Gasteiger partial charge is 0.491 e. The van der Waals surface area contributed by atoms with E-state index >= 15 is 0 Å². The topological polar surface area (TPSA) is 61.9 Å². The van der Waals surface area contributed by atoms with E-state index in [1.54, 1.807) is 35.6 Å². The van der Waals surface area contributed by atoms with Crippen LogP contribution in [0.25, 0.3) is 0 Å². The van der Waals surface area contributed by atoms with Gasteiger partial charge in [0.15, 0.2) is 0 Å². The molecule has 1 aromatic heterocycles. The molecule has 2 heterocycles. The van der Waals surface area contributed by atoms with Gasteiger partial charge < -0.3 is 19.9 Å². The molecule has 1 N–H and O–H groups in total. The van der Waals surface area contributed by atoms with Gasteiger partial charge in [-0.1, -0.05) is 35.9 Å². The first kappa shape index (κ1) is 24.1. The number of benzene rings is 2. The van der Waals surface area contributed by atoms with Crippen molar-refractivity contribution in [2.24, 2.45) is 0 Å². The first-order valence-electron chi connectivity index (χ1n) is 11.3. The van der Waals surface area contributed by atoms with Crippen molar-refractivity contribution in [2.45, 2.75) is 26.3 Å². The Bertz CT molecular complexity index is 1170. The van der Waals surface area contributed by atoms with Crippen LogP contribution < -0.4 is 10.1 Å². The summed E-state index contributed by atoms with van der Waals surface area (Å²) in [4.78, 5) is 30.9. The second-order valence-electron chi connectivity index (χ2n) is 8.18. The molecule has 0 saturated heterocycles. The summed E-state index contributed by atoms with van der Waals surface area (Å²) >= 11 is 7.74. The van der Waals surface area contributed by atoms with Crippen molar-refractivity contribution < 1.29 is 14.3 Å². The summed E-state index contributed by atoms with van der Waals surface area (Å²) in [6.45, 7) is 5.22. The molecule has 0 aliphatic carbocycles. The summed E-state index contributed by atoms with van der Waals surface area (Å²) in [5, 5.41) is 5.43. The number of halogens is 1. The summed E-state index contributed by atoms with van der Waals surface area (Å²) in [6, 6.07) is 16.4. The second-order valence-corrected chi connectivity index (χ2v) is 9.62. The summed E-state index contributed by atoms with van der Waals surface area (Å²) in [5.41, 5.74) is 2.77. The number of hydrogen-bond acceptors (Lipinski definition) is 4. The molecule has 6 nitrogen and oxygen atoms in total. The normalized spacial score (nSPS) is 14.9. The Morgan fingerprint density at radius 2 is 2.03 bits per heavy atom. The Kier molecular flexibility index (Phi) is 7.75. The Hall–Kier alpha value is -3.03. The van der Waals surface area contributed by atoms with E-state index in [1.165, 1.54) is 9.78 Å². The van der Waals surface area contributed by atoms with E-state index in [1.807, 2.05) is 43.0 Å². The van der Waals surface area contributed by atoms with Crippen LogP contribution in [0.15, 0.2) is 60.0 Å². The molecular weight excluding hydrogens is 470 g/mol. The van der Waals surface area contributed by atoms with Crippen LogP contribution >= 0.6 is 22.9 Å². The predicted octanol–water partition coefficient (Wildman–Crippen LogP) is 5.77. The maximum Gasteiger partial charge on any atom is 0.322 e. The lowest BCUT2D eigenvalue weighted by molar-refractivity contribution is -0.135. The summed E-state index contributed by atoms with van der Waals surface area (Å²) in [7, 11) is 0. The van der Waals surface area contributed by atoms with Gasteiger partial charge in [0.2, 0.25) is 5.91 Å². The summed E-state index contributed by atoms with van der Waals surface area (Å²) in [5.74, 6) is 0.715. The van der Waals surface area contributed by atoms with Crippen LogP contribution in [0.4, 0.5) is 10.5 Å². The zero-order chi connectivity index (χ0) is 24.1. The highest BCUT2D eigenvalue weighted by Crippen LogP contribution is 2.34. The molecule has 1 aliphatic heterocycles. The predicted molar refractivity (Wildman–Crippen MR) is 137 cm³/mol. The lowest BCUT2D eigenvalue weighted by atomic mass is 10.0. The number of nitrogens with zero attached hydrogens (tertiary/aromatic N) is 2. The number of carbonyl (C=O) groups excluding carboxylic acids is 2. The highest BCUT2D eigenvalue weighted by atomic mass is 35.5. The molecule has 0 saturated carbocycles. The molecule has 1 aliphatic rings. The standard InChI is InChI=1S/C26H28ClN3O3S/c1-3-29(26(32)28-20-9-6-8-19(27)15-20)16-25(31)30-13-11-24-21(12-14-34-24)22(30)17-33-23-10-5-4-7-18(23)2/h4-10,12,14-15,22H,3,11,13,16-17H2,1-2H3,(H,28,32)/t22-/m0/s1. The molecule has 0 radical (unpaired) electrons. The molecule has 1 atom stereocenters. The number of hydrogen-bond donors (Lipinski definition) is 1. The number of likely N-dealkylation sites (N-methyl/N-ethyl adjacent to an activating group) is 1. The zero-order valence-electron chi connectivity index (χ0n) is 19.3. The smallest absolute Gasteiger partial charge is 0.322 e. The van der Waals surface area contributed by atoms with Gasteiger partial charge >= 0.3 is 6.03 Å². The number of fused-ring (bicyclic) bond motifs is 1. The van der Waals surface area contributed by atoms with Crippen LogP contribution in [0.3, 0.4) is 0 Å². The monoisotopic (exact) mass is 497 g/mol. The number of para-hydroxylation sites is 1. The van der Waals surface area contributed by atoms with Crippen LogP contribution in [0.2, 0.25) is 5.02 Å². The third-order valence-electron chi connectivity index (χ3n) is 5.98. The Morgan fingerprint density at radius 1 is 1.21 bits per heavy atom. The summed E-state index contributed by atoms with van der Waals surface area (Å²) in [6.07, 6.45) is 0.806. The molecule has 178 valence electrons. The average Bonchev–Trinajstić information content (AvgIpc) is 3.31. The highest BCUT2D eigenvalue weighted by molar-refractivity contribution is 7.10. The first-order valence-corrected chi connectivity index (χ1v) is 12.6. The lowest BCUT2D eigenvalue weighted by Gasteiger charge is -2.37. The molecule has 0 fully saturated rings. The minimum absolute atomic E-state index is 0.0107. The van der Waals surface area contributed by atoms with Crippen molar-refractivity contribution in [3.63, 3.8) is 0 Å². The third-order valence-corrected chi connectivity index (χ3v) is 7.21. The fourth-order valence-electron chi connectivity index (χ4n) is 4.11. The fraction of sp³-hybridized carbons (Fsp3) is 0.308. The maximum absolute atomic E-state index is 13.4. The zero-order valence-corrected chi connectivity index (χ0v) is 20.9. The third kappa shape index (κ3) is 5.54. The number of ether oxygens (including phenoxy) is 1. The van der Waals surface area contributed by atoms with Gasteiger partial charge in [-0.05, 0) is 67.1 Å². The van der Waals surface area contributed by atoms with E-state index in [0.717, 1.165) is 23.3 Å². The lowest BCUT2D eigenvalue weighted by Crippen LogP contribution is -2.48. The second kappa shape index (κ2) is 10.9. The van der Waals surface area contributed by atoms with Gasteiger partial charge in [-0.3, -0.25) is 4.79 Å². The number of nitrogens with one attached hydrogen (secondary N) is 1. The Labute approximate surface area is 209 Å². The van der Waals surface area contributed by atoms with Gasteiger partial charge in [0, 0.05) is 28.7 Å². The Morgan fingerprint density at radius 3 is 2.79 bits per heavy atom. The van der Waals surface area contributed by atoms with Gasteiger partial charge in [0.25, 0.3) is 0 Å². The molecule has 8 heteroatoms. The highest BCUT2D eigenvalue weighted by Gasteiger charge is 2.33. The van der Waals surface area contributed by atoms with Crippen molar-refractivity contribution in [2.75, 3.05) is 31.6 Å². The number of carbonyl (C=O) groups is 2. The van der Waals surface area contributed by atoms with Crippen molar-refractivity contribution >= 4 is 40.6 Å². The number of rotatable bonds is 7. The number of urea groups is 1. The minimum atomic E-state index is -0.334.